The van der Waals surface area contributed by atoms with Crippen LogP contribution in [-0.4, -0.2) is 160 Å². The maximum Gasteiger partial charge on any atom is 0.246 e. The second-order valence-electron chi connectivity index (χ2n) is 18.5. The minimum atomic E-state index is -1.82. The molecule has 11 amide bonds. The van der Waals surface area contributed by atoms with Gasteiger partial charge < -0.3 is 75.3 Å². The van der Waals surface area contributed by atoms with E-state index in [1.54, 1.807) is 34.6 Å². The van der Waals surface area contributed by atoms with Crippen LogP contribution in [-0.2, 0) is 59.2 Å². The fourth-order valence-electron chi connectivity index (χ4n) is 6.88. The Labute approximate surface area is 419 Å². The molecule has 1 aromatic rings. The summed E-state index contributed by atoms with van der Waals surface area (Å²) in [4.78, 5) is 148. The molecule has 0 saturated carbocycles. The Morgan fingerprint density at radius 2 is 1.37 bits per heavy atom. The van der Waals surface area contributed by atoms with Crippen LogP contribution < -0.4 is 60.2 Å². The Morgan fingerprint density at radius 3 is 1.93 bits per heavy atom. The third kappa shape index (κ3) is 22.6. The Balaban J connectivity index is 2.69. The highest BCUT2D eigenvalue weighted by atomic mass is 33.1. The SMILES string of the molecule is CC[C@H](C)[C@@H]1NC(=O)[C@H](Cc2ccc(O)cc2)NC(=O)[C@@H](N)CSSC[C@@H](C(=O)N(CC(=O)N[C@@H](CC(C)(C)C)C(=O)NCC(N)=O)C[C@H](C)O)NC(=O)[C@H](CC(N)=O)NC(=O)[C@H](CCC(N)=O)NC1=O. The van der Waals surface area contributed by atoms with Gasteiger partial charge in [-0.2, -0.15) is 0 Å². The van der Waals surface area contributed by atoms with E-state index in [4.69, 9.17) is 22.9 Å². The lowest BCUT2D eigenvalue weighted by Gasteiger charge is -2.31. The molecule has 27 heteroatoms. The van der Waals surface area contributed by atoms with Crippen LogP contribution >= 0.6 is 21.6 Å². The number of aliphatic hydroxyl groups excluding tert-OH is 1. The van der Waals surface area contributed by atoms with Crippen molar-refractivity contribution in [2.24, 2.45) is 34.3 Å². The van der Waals surface area contributed by atoms with Crippen LogP contribution in [0.25, 0.3) is 0 Å². The molecule has 1 saturated heterocycles. The average Bonchev–Trinajstić information content (AvgIpc) is 3.27. The summed E-state index contributed by atoms with van der Waals surface area (Å²) in [5, 5.41) is 37.8. The topological polar surface area (TPSA) is 420 Å². The minimum absolute atomic E-state index is 0.0607. The van der Waals surface area contributed by atoms with Crippen LogP contribution in [0.15, 0.2) is 24.3 Å². The van der Waals surface area contributed by atoms with Crippen LogP contribution in [0.5, 0.6) is 5.75 Å². The van der Waals surface area contributed by atoms with E-state index in [1.165, 1.54) is 31.2 Å². The van der Waals surface area contributed by atoms with Gasteiger partial charge >= 0.3 is 0 Å². The first-order valence-corrected chi connectivity index (χ1v) is 25.3. The van der Waals surface area contributed by atoms with Gasteiger partial charge in [0.2, 0.25) is 65.0 Å². The van der Waals surface area contributed by atoms with Crippen molar-refractivity contribution in [1.82, 2.24) is 42.1 Å². The van der Waals surface area contributed by atoms with Crippen molar-refractivity contribution in [2.45, 2.75) is 128 Å². The molecule has 1 aliphatic rings. The van der Waals surface area contributed by atoms with Crippen molar-refractivity contribution < 1.29 is 63.0 Å². The summed E-state index contributed by atoms with van der Waals surface area (Å²) >= 11 is 0. The molecule has 1 heterocycles. The van der Waals surface area contributed by atoms with Gasteiger partial charge in [-0.1, -0.05) is 74.8 Å². The Morgan fingerprint density at radius 1 is 0.789 bits per heavy atom. The Bertz CT molecular complexity index is 2080. The largest absolute Gasteiger partial charge is 0.508 e. The van der Waals surface area contributed by atoms with E-state index in [-0.39, 0.29) is 30.1 Å². The first kappa shape index (κ1) is 60.9. The molecular weight excluding hydrogens is 969 g/mol. The van der Waals surface area contributed by atoms with Crippen LogP contribution in [0.2, 0.25) is 0 Å². The average molecular weight is 1040 g/mol. The number of aliphatic hydroxyl groups is 1. The summed E-state index contributed by atoms with van der Waals surface area (Å²) in [5.74, 6) is -11.3. The molecule has 0 spiro atoms. The third-order valence-corrected chi connectivity index (χ3v) is 13.2. The third-order valence-electron chi connectivity index (χ3n) is 10.7. The van der Waals surface area contributed by atoms with E-state index in [9.17, 15) is 63.0 Å². The van der Waals surface area contributed by atoms with Gasteiger partial charge in [-0.3, -0.25) is 52.7 Å². The maximum absolute atomic E-state index is 14.5. The number of aromatic hydroxyl groups is 1. The van der Waals surface area contributed by atoms with Gasteiger partial charge in [-0.15, -0.1) is 0 Å². The number of amides is 11. The highest BCUT2D eigenvalue weighted by Gasteiger charge is 2.37. The fourth-order valence-corrected chi connectivity index (χ4v) is 9.15. The molecular formula is C44H70N12O13S2. The molecule has 0 radical (unpaired) electrons. The number of phenols is 1. The Kier molecular flexibility index (Phi) is 25.1. The molecule has 25 nitrogen and oxygen atoms in total. The lowest BCUT2D eigenvalue weighted by atomic mass is 9.87. The molecule has 396 valence electrons. The number of carbonyl (C=O) groups excluding carboxylic acids is 11. The van der Waals surface area contributed by atoms with Gasteiger partial charge in [-0.05, 0) is 48.8 Å². The van der Waals surface area contributed by atoms with E-state index in [2.05, 4.69) is 37.2 Å². The van der Waals surface area contributed by atoms with E-state index in [0.717, 1.165) is 26.5 Å². The first-order valence-electron chi connectivity index (χ1n) is 22.8. The van der Waals surface area contributed by atoms with Crippen molar-refractivity contribution in [3.8, 4) is 5.75 Å². The normalized spacial score (nSPS) is 22.3. The van der Waals surface area contributed by atoms with Crippen molar-refractivity contribution >= 4 is 86.6 Å². The minimum Gasteiger partial charge on any atom is -0.508 e. The van der Waals surface area contributed by atoms with Gasteiger partial charge in [0.1, 0.15) is 42.0 Å². The number of nitrogens with one attached hydrogen (secondary N) is 7. The summed E-state index contributed by atoms with van der Waals surface area (Å²) in [6, 6.07) is -4.46. The molecule has 2 rings (SSSR count). The van der Waals surface area contributed by atoms with Gasteiger partial charge in [-0.25, -0.2) is 0 Å². The number of carbonyl (C=O) groups is 11. The number of nitrogens with two attached hydrogens (primary N) is 4. The summed E-state index contributed by atoms with van der Waals surface area (Å²) in [7, 11) is 1.91. The Hall–Kier alpha value is -6.19. The van der Waals surface area contributed by atoms with Crippen molar-refractivity contribution in [3.63, 3.8) is 0 Å². The number of phenolic OH excluding ortho intramolecular Hbond substituents is 1. The predicted molar refractivity (Wildman–Crippen MR) is 263 cm³/mol. The molecule has 0 aromatic heterocycles. The number of nitrogens with zero attached hydrogens (tertiary/aromatic N) is 1. The number of primary amides is 3. The highest BCUT2D eigenvalue weighted by molar-refractivity contribution is 8.76. The molecule has 1 aliphatic heterocycles. The molecule has 0 bridgehead atoms. The smallest absolute Gasteiger partial charge is 0.246 e. The molecule has 0 unspecified atom stereocenters. The fraction of sp³-hybridized carbons (Fsp3) is 0.614. The second kappa shape index (κ2) is 29.2. The number of hydrogen-bond donors (Lipinski definition) is 13. The van der Waals surface area contributed by atoms with Gasteiger partial charge in [0, 0.05) is 30.9 Å². The first-order chi connectivity index (χ1) is 33.1. The van der Waals surface area contributed by atoms with Crippen LogP contribution in [0.4, 0.5) is 0 Å². The van der Waals surface area contributed by atoms with Gasteiger partial charge in [0.25, 0.3) is 0 Å². The zero-order chi connectivity index (χ0) is 53.7. The number of rotatable bonds is 19. The quantitative estimate of drug-likeness (QED) is 0.0588. The maximum atomic E-state index is 14.5. The number of benzene rings is 1. The van der Waals surface area contributed by atoms with Crippen molar-refractivity contribution in [1.29, 1.82) is 0 Å². The summed E-state index contributed by atoms with van der Waals surface area (Å²) in [6.45, 7) is 8.27. The van der Waals surface area contributed by atoms with E-state index in [1.807, 2.05) is 0 Å². The molecule has 17 N–H and O–H groups in total. The zero-order valence-corrected chi connectivity index (χ0v) is 42.4. The summed E-state index contributed by atoms with van der Waals surface area (Å²) < 4.78 is 0. The lowest BCUT2D eigenvalue weighted by Crippen LogP contribution is -2.61. The van der Waals surface area contributed by atoms with Gasteiger partial charge in [0.15, 0.2) is 0 Å². The lowest BCUT2D eigenvalue weighted by molar-refractivity contribution is -0.141. The number of hydrogen-bond acceptors (Lipinski definition) is 16. The van der Waals surface area contributed by atoms with Crippen molar-refractivity contribution in [3.05, 3.63) is 29.8 Å². The highest BCUT2D eigenvalue weighted by Crippen LogP contribution is 2.24. The van der Waals surface area contributed by atoms with Crippen molar-refractivity contribution in [2.75, 3.05) is 31.1 Å². The van der Waals surface area contributed by atoms with Crippen LogP contribution in [0.3, 0.4) is 0 Å². The molecule has 0 aliphatic carbocycles. The summed E-state index contributed by atoms with van der Waals surface area (Å²) in [6.07, 6.45) is -2.72. The molecule has 71 heavy (non-hydrogen) atoms. The zero-order valence-electron chi connectivity index (χ0n) is 40.7. The molecule has 9 atom stereocenters. The monoisotopic (exact) mass is 1040 g/mol. The van der Waals surface area contributed by atoms with E-state index in [0.29, 0.717) is 12.0 Å². The van der Waals surface area contributed by atoms with Crippen LogP contribution in [0, 0.1) is 11.3 Å². The molecule has 1 fully saturated rings. The van der Waals surface area contributed by atoms with E-state index >= 15 is 0 Å². The van der Waals surface area contributed by atoms with E-state index < -0.39 is 164 Å². The standard InChI is InChI=1S/C44H70N12O13S2/c1-7-22(2)36-42(68)51-27(12-13-32(46)59)39(65)53-29(15-33(47)60)40(66)54-31(21-71-70-20-26(45)37(63)52-28(41(67)55-36)14-24-8-10-25(58)11-9-24)43(69)56(18-23(3)57)19-35(62)50-30(16-44(4,5)6)38(64)49-17-34(48)61/h8-11,22-23,26-31,36,57-58H,7,12-21,45H2,1-6H3,(H2,46,59)(H2,47,60)(H2,48,61)(H,49,64)(H,50,62)(H,51,68)(H,52,63)(H,53,65)(H,54,66)(H,55,67)/t22-,23-,26-,27-,28-,29-,30-,31-,36-/m0/s1. The summed E-state index contributed by atoms with van der Waals surface area (Å²) in [5.41, 5.74) is 22.3. The van der Waals surface area contributed by atoms with Crippen LogP contribution in [0.1, 0.15) is 79.2 Å². The second-order valence-corrected chi connectivity index (χ2v) is 21.0. The predicted octanol–water partition coefficient (Wildman–Crippen LogP) is -4.00. The molecule has 1 aromatic carbocycles. The van der Waals surface area contributed by atoms with Gasteiger partial charge in [0.05, 0.1) is 31.7 Å².